The van der Waals surface area contributed by atoms with Gasteiger partial charge in [0.15, 0.2) is 0 Å². The summed E-state index contributed by atoms with van der Waals surface area (Å²) in [6.45, 7) is 1.25. The SMILES string of the molecule is CNCCCONC(=O)[C@@H]1CC2(CC2)[C@@H]2CN1C(=O)N2OS(=O)(=O)O. The first-order valence-electron chi connectivity index (χ1n) is 8.10. The van der Waals surface area contributed by atoms with Crippen molar-refractivity contribution in [1.29, 1.82) is 0 Å². The Morgan fingerprint density at radius 1 is 1.44 bits per heavy atom. The van der Waals surface area contributed by atoms with Gasteiger partial charge in [0, 0.05) is 6.54 Å². The Morgan fingerprint density at radius 3 is 2.76 bits per heavy atom. The van der Waals surface area contributed by atoms with Crippen LogP contribution < -0.4 is 10.8 Å². The highest BCUT2D eigenvalue weighted by atomic mass is 32.3. The third-order valence-electron chi connectivity index (χ3n) is 4.99. The number of rotatable bonds is 8. The van der Waals surface area contributed by atoms with Crippen LogP contribution in [-0.4, -0.2) is 73.7 Å². The topological polar surface area (TPSA) is 138 Å². The summed E-state index contributed by atoms with van der Waals surface area (Å²) in [5.74, 6) is -0.448. The second kappa shape index (κ2) is 6.68. The van der Waals surface area contributed by atoms with Crippen molar-refractivity contribution in [3.63, 3.8) is 0 Å². The molecule has 0 unspecified atom stereocenters. The fourth-order valence-corrected chi connectivity index (χ4v) is 3.93. The van der Waals surface area contributed by atoms with Gasteiger partial charge in [-0.25, -0.2) is 10.3 Å². The standard InChI is InChI=1S/C13H22N4O7S/c1-14-5-2-6-23-15-11(18)9-7-13(3-4-13)10-8-16(9)12(19)17(10)24-25(20,21)22/h9-10,14H,2-8H2,1H3,(H,15,18)(H,20,21,22)/t9-,10-/m0/s1. The van der Waals surface area contributed by atoms with E-state index in [1.165, 1.54) is 4.90 Å². The summed E-state index contributed by atoms with van der Waals surface area (Å²) in [6.07, 6.45) is 2.64. The van der Waals surface area contributed by atoms with Crippen LogP contribution in [0.1, 0.15) is 25.7 Å². The number of fused-ring (bicyclic) bond motifs is 3. The van der Waals surface area contributed by atoms with E-state index in [9.17, 15) is 18.0 Å². The highest BCUT2D eigenvalue weighted by Crippen LogP contribution is 2.59. The normalized spacial score (nSPS) is 27.0. The van der Waals surface area contributed by atoms with Crippen LogP contribution in [-0.2, 0) is 24.3 Å². The van der Waals surface area contributed by atoms with Gasteiger partial charge in [-0.05, 0) is 44.7 Å². The Morgan fingerprint density at radius 2 is 2.16 bits per heavy atom. The zero-order valence-electron chi connectivity index (χ0n) is 13.8. The van der Waals surface area contributed by atoms with Gasteiger partial charge in [-0.2, -0.15) is 13.5 Å². The van der Waals surface area contributed by atoms with Gasteiger partial charge in [-0.3, -0.25) is 14.2 Å². The molecular formula is C13H22N4O7S. The molecule has 25 heavy (non-hydrogen) atoms. The summed E-state index contributed by atoms with van der Waals surface area (Å²) < 4.78 is 35.4. The van der Waals surface area contributed by atoms with Crippen LogP contribution in [0.2, 0.25) is 0 Å². The van der Waals surface area contributed by atoms with Gasteiger partial charge in [0.25, 0.3) is 5.91 Å². The largest absolute Gasteiger partial charge is 0.418 e. The lowest BCUT2D eigenvalue weighted by Crippen LogP contribution is -2.52. The highest BCUT2D eigenvalue weighted by Gasteiger charge is 2.65. The second-order valence-corrected chi connectivity index (χ2v) is 7.64. The summed E-state index contributed by atoms with van der Waals surface area (Å²) in [4.78, 5) is 31.2. The van der Waals surface area contributed by atoms with Crippen LogP contribution in [0.5, 0.6) is 0 Å². The molecule has 0 aromatic heterocycles. The maximum Gasteiger partial charge on any atom is 0.418 e. The van der Waals surface area contributed by atoms with E-state index in [0.717, 1.165) is 19.4 Å². The lowest BCUT2D eigenvalue weighted by molar-refractivity contribution is -0.140. The van der Waals surface area contributed by atoms with E-state index in [0.29, 0.717) is 24.5 Å². The minimum Gasteiger partial charge on any atom is -0.320 e. The smallest absolute Gasteiger partial charge is 0.320 e. The second-order valence-electron chi connectivity index (χ2n) is 6.63. The third kappa shape index (κ3) is 3.72. The number of hydrogen-bond donors (Lipinski definition) is 3. The maximum absolute atomic E-state index is 12.4. The monoisotopic (exact) mass is 378 g/mol. The lowest BCUT2D eigenvalue weighted by atomic mass is 9.85. The molecule has 3 rings (SSSR count). The van der Waals surface area contributed by atoms with Gasteiger partial charge < -0.3 is 10.2 Å². The molecule has 0 aromatic carbocycles. The van der Waals surface area contributed by atoms with Gasteiger partial charge in [0.1, 0.15) is 6.04 Å². The van der Waals surface area contributed by atoms with E-state index < -0.39 is 34.4 Å². The number of amides is 3. The average molecular weight is 378 g/mol. The van der Waals surface area contributed by atoms with Crippen LogP contribution in [0.15, 0.2) is 0 Å². The number of nitrogens with one attached hydrogen (secondary N) is 2. The molecule has 2 bridgehead atoms. The van der Waals surface area contributed by atoms with Crippen molar-refractivity contribution in [3.05, 3.63) is 0 Å². The maximum atomic E-state index is 12.4. The molecule has 1 saturated carbocycles. The van der Waals surface area contributed by atoms with E-state index in [2.05, 4.69) is 15.1 Å². The Bertz CT molecular complexity index is 651. The van der Waals surface area contributed by atoms with Crippen molar-refractivity contribution in [2.24, 2.45) is 5.41 Å². The van der Waals surface area contributed by atoms with Crippen LogP contribution in [0.25, 0.3) is 0 Å². The molecular weight excluding hydrogens is 356 g/mol. The van der Waals surface area contributed by atoms with E-state index in [1.807, 2.05) is 7.05 Å². The molecule has 3 N–H and O–H groups in total. The van der Waals surface area contributed by atoms with E-state index in [-0.39, 0.29) is 12.0 Å². The summed E-state index contributed by atoms with van der Waals surface area (Å²) in [7, 11) is -3.00. The number of nitrogens with zero attached hydrogens (tertiary/aromatic N) is 2. The molecule has 11 nitrogen and oxygen atoms in total. The first-order valence-corrected chi connectivity index (χ1v) is 9.47. The molecule has 2 atom stereocenters. The Hall–Kier alpha value is -1.47. The Labute approximate surface area is 145 Å². The Balaban J connectivity index is 1.66. The zero-order valence-corrected chi connectivity index (χ0v) is 14.6. The molecule has 1 spiro atoms. The number of hydroxylamine groups is 3. The molecule has 142 valence electrons. The number of carbonyl (C=O) groups excluding carboxylic acids is 2. The summed E-state index contributed by atoms with van der Waals surface area (Å²) in [6, 6.07) is -2.00. The molecule has 0 aromatic rings. The van der Waals surface area contributed by atoms with Crippen LogP contribution in [0.3, 0.4) is 0 Å². The molecule has 1 aliphatic carbocycles. The molecule has 12 heteroatoms. The highest BCUT2D eigenvalue weighted by molar-refractivity contribution is 7.80. The Kier molecular flexibility index (Phi) is 4.90. The number of urea groups is 1. The molecule has 3 amide bonds. The molecule has 2 saturated heterocycles. The predicted molar refractivity (Wildman–Crippen MR) is 83.1 cm³/mol. The van der Waals surface area contributed by atoms with Crippen molar-refractivity contribution < 1.29 is 31.7 Å². The molecule has 3 aliphatic rings. The molecule has 0 radical (unpaired) electrons. The first kappa shape index (κ1) is 18.3. The van der Waals surface area contributed by atoms with Crippen LogP contribution in [0.4, 0.5) is 4.79 Å². The average Bonchev–Trinajstić information content (AvgIpc) is 3.25. The summed E-state index contributed by atoms with van der Waals surface area (Å²) >= 11 is 0. The number of piperidine rings is 1. The van der Waals surface area contributed by atoms with Gasteiger partial charge in [0.05, 0.1) is 12.6 Å². The number of hydrogen-bond acceptors (Lipinski definition) is 7. The summed E-state index contributed by atoms with van der Waals surface area (Å²) in [5.41, 5.74) is 2.00. The fourth-order valence-electron chi connectivity index (χ4n) is 3.56. The number of carbonyl (C=O) groups is 2. The fraction of sp³-hybridized carbons (Fsp3) is 0.846. The van der Waals surface area contributed by atoms with Crippen molar-refractivity contribution in [2.75, 3.05) is 26.7 Å². The quantitative estimate of drug-likeness (QED) is 0.279. The van der Waals surface area contributed by atoms with Gasteiger partial charge in [0.2, 0.25) is 0 Å². The van der Waals surface area contributed by atoms with Crippen molar-refractivity contribution in [2.45, 2.75) is 37.8 Å². The molecule has 2 aliphatic heterocycles. The van der Waals surface area contributed by atoms with Gasteiger partial charge >= 0.3 is 16.4 Å². The molecule has 3 fully saturated rings. The van der Waals surface area contributed by atoms with Crippen LogP contribution >= 0.6 is 0 Å². The summed E-state index contributed by atoms with van der Waals surface area (Å²) in [5, 5.41) is 3.64. The van der Waals surface area contributed by atoms with Crippen molar-refractivity contribution >= 4 is 22.3 Å². The van der Waals surface area contributed by atoms with E-state index in [4.69, 9.17) is 9.39 Å². The minimum atomic E-state index is -4.82. The van der Waals surface area contributed by atoms with E-state index in [1.54, 1.807) is 0 Å². The van der Waals surface area contributed by atoms with Crippen molar-refractivity contribution in [3.8, 4) is 0 Å². The molecule has 2 heterocycles. The zero-order chi connectivity index (χ0) is 18.2. The first-order chi connectivity index (χ1) is 11.8. The van der Waals surface area contributed by atoms with E-state index >= 15 is 0 Å². The lowest BCUT2D eigenvalue weighted by Gasteiger charge is -2.35. The third-order valence-corrected chi connectivity index (χ3v) is 5.33. The van der Waals surface area contributed by atoms with Gasteiger partial charge in [-0.15, -0.1) is 4.28 Å². The van der Waals surface area contributed by atoms with Crippen molar-refractivity contribution in [1.82, 2.24) is 20.8 Å². The van der Waals surface area contributed by atoms with Crippen LogP contribution in [0, 0.1) is 5.41 Å². The van der Waals surface area contributed by atoms with Gasteiger partial charge in [-0.1, -0.05) is 0 Å². The minimum absolute atomic E-state index is 0.173. The predicted octanol–water partition coefficient (Wildman–Crippen LogP) is -0.963.